The van der Waals surface area contributed by atoms with Crippen LogP contribution in [-0.2, 0) is 4.74 Å². The Labute approximate surface area is 196 Å². The number of benzene rings is 1. The van der Waals surface area contributed by atoms with Crippen LogP contribution in [0.3, 0.4) is 0 Å². The number of fused-ring (bicyclic) bond motifs is 1. The summed E-state index contributed by atoms with van der Waals surface area (Å²) in [6.45, 7) is 9.67. The van der Waals surface area contributed by atoms with E-state index >= 15 is 0 Å². The lowest BCUT2D eigenvalue weighted by Crippen LogP contribution is -2.35. The van der Waals surface area contributed by atoms with Gasteiger partial charge in [0.2, 0.25) is 0 Å². The van der Waals surface area contributed by atoms with Crippen LogP contribution in [0.25, 0.3) is 27.7 Å². The summed E-state index contributed by atoms with van der Waals surface area (Å²) in [7, 11) is 1.66. The largest absolute Gasteiger partial charge is 0.502 e. The van der Waals surface area contributed by atoms with E-state index in [1.807, 2.05) is 62.2 Å². The number of nitrogens with one attached hydrogen (secondary N) is 1. The normalized spacial score (nSPS) is 14.6. The number of aromatic amines is 1. The molecule has 1 N–H and O–H groups in total. The molecular formula is C27H34N4O2. The van der Waals surface area contributed by atoms with Crippen molar-refractivity contribution in [1.29, 1.82) is 0 Å². The van der Waals surface area contributed by atoms with Gasteiger partial charge >= 0.3 is 0 Å². The van der Waals surface area contributed by atoms with Crippen LogP contribution in [-0.4, -0.2) is 46.2 Å². The summed E-state index contributed by atoms with van der Waals surface area (Å²) in [4.78, 5) is 19.1. The van der Waals surface area contributed by atoms with Gasteiger partial charge in [-0.3, -0.25) is 9.89 Å². The van der Waals surface area contributed by atoms with E-state index in [-0.39, 0.29) is 5.91 Å². The van der Waals surface area contributed by atoms with Gasteiger partial charge in [0.05, 0.1) is 18.6 Å². The molecule has 0 aliphatic carbocycles. The number of aromatic nitrogens is 3. The minimum Gasteiger partial charge on any atom is -0.502 e. The first kappa shape index (κ1) is 24.2. The first-order valence-corrected chi connectivity index (χ1v) is 11.5. The van der Waals surface area contributed by atoms with Crippen LogP contribution < -0.4 is 0 Å². The molecule has 1 amide bonds. The van der Waals surface area contributed by atoms with E-state index in [0.717, 1.165) is 65.0 Å². The molecule has 4 rings (SSSR count). The minimum absolute atomic E-state index is 0.135. The number of likely N-dealkylation sites (tertiary alicyclic amines) is 1. The fourth-order valence-corrected chi connectivity index (χ4v) is 3.71. The van der Waals surface area contributed by atoms with Gasteiger partial charge in [-0.1, -0.05) is 24.3 Å². The molecule has 0 bridgehead atoms. The molecule has 0 saturated carbocycles. The molecule has 33 heavy (non-hydrogen) atoms. The third kappa shape index (κ3) is 5.89. The Kier molecular flexibility index (Phi) is 8.41. The predicted molar refractivity (Wildman–Crippen MR) is 135 cm³/mol. The molecular weight excluding hydrogens is 412 g/mol. The van der Waals surface area contributed by atoms with Crippen molar-refractivity contribution in [2.75, 3.05) is 20.2 Å². The molecule has 1 aromatic carbocycles. The van der Waals surface area contributed by atoms with Gasteiger partial charge in [-0.15, -0.1) is 0 Å². The van der Waals surface area contributed by atoms with E-state index in [1.165, 1.54) is 6.42 Å². The van der Waals surface area contributed by atoms with E-state index in [9.17, 15) is 4.79 Å². The third-order valence-corrected chi connectivity index (χ3v) is 6.07. The Balaban J connectivity index is 0.000000454. The number of H-pyrrole nitrogens is 1. The van der Waals surface area contributed by atoms with E-state index in [2.05, 4.69) is 34.2 Å². The molecule has 0 spiro atoms. The Bertz CT molecular complexity index is 1140. The molecule has 0 atom stereocenters. The fourth-order valence-electron chi connectivity index (χ4n) is 3.71. The van der Waals surface area contributed by atoms with Gasteiger partial charge in [-0.05, 0) is 76.3 Å². The Hall–Kier alpha value is -3.41. The van der Waals surface area contributed by atoms with Gasteiger partial charge < -0.3 is 9.64 Å². The summed E-state index contributed by atoms with van der Waals surface area (Å²) in [5, 5.41) is 8.37. The van der Waals surface area contributed by atoms with Crippen molar-refractivity contribution in [2.24, 2.45) is 0 Å². The van der Waals surface area contributed by atoms with Crippen LogP contribution in [0.4, 0.5) is 0 Å². The quantitative estimate of drug-likeness (QED) is 0.482. The summed E-state index contributed by atoms with van der Waals surface area (Å²) in [5.74, 6) is 1.10. The summed E-state index contributed by atoms with van der Waals surface area (Å²) in [6, 6.07) is 9.95. The fraction of sp³-hybridized carbons (Fsp3) is 0.370. The van der Waals surface area contributed by atoms with E-state index in [1.54, 1.807) is 7.11 Å². The lowest BCUT2D eigenvalue weighted by molar-refractivity contribution is 0.0724. The summed E-state index contributed by atoms with van der Waals surface area (Å²) < 4.78 is 4.76. The lowest BCUT2D eigenvalue weighted by atomic mass is 10.0. The van der Waals surface area contributed by atoms with Crippen LogP contribution >= 0.6 is 0 Å². The maximum atomic E-state index is 12.6. The second-order valence-corrected chi connectivity index (χ2v) is 8.20. The zero-order valence-corrected chi connectivity index (χ0v) is 20.3. The summed E-state index contributed by atoms with van der Waals surface area (Å²) >= 11 is 0. The maximum Gasteiger partial charge on any atom is 0.253 e. The number of nitrogens with zero attached hydrogens (tertiary/aromatic N) is 3. The summed E-state index contributed by atoms with van der Waals surface area (Å²) in [5.41, 5.74) is 5.67. The third-order valence-electron chi connectivity index (χ3n) is 6.07. The zero-order chi connectivity index (χ0) is 23.8. The molecule has 1 saturated heterocycles. The highest BCUT2D eigenvalue weighted by Gasteiger charge is 2.18. The number of hydrogen-bond acceptors (Lipinski definition) is 4. The number of carbonyl (C=O) groups is 1. The van der Waals surface area contributed by atoms with Crippen LogP contribution in [0.2, 0.25) is 0 Å². The molecule has 0 unspecified atom stereocenters. The number of methoxy groups -OCH3 is 1. The minimum atomic E-state index is 0.135. The number of rotatable bonds is 4. The van der Waals surface area contributed by atoms with E-state index in [0.29, 0.717) is 5.65 Å². The van der Waals surface area contributed by atoms with Gasteiger partial charge in [-0.25, -0.2) is 4.98 Å². The van der Waals surface area contributed by atoms with Crippen molar-refractivity contribution in [3.63, 3.8) is 0 Å². The van der Waals surface area contributed by atoms with Crippen molar-refractivity contribution < 1.29 is 9.53 Å². The molecule has 2 aromatic heterocycles. The van der Waals surface area contributed by atoms with Crippen molar-refractivity contribution in [2.45, 2.75) is 47.0 Å². The van der Waals surface area contributed by atoms with E-state index in [4.69, 9.17) is 4.74 Å². The molecule has 174 valence electrons. The first-order valence-electron chi connectivity index (χ1n) is 11.5. The highest BCUT2D eigenvalue weighted by Crippen LogP contribution is 2.27. The Morgan fingerprint density at radius 3 is 2.30 bits per heavy atom. The Morgan fingerprint density at radius 2 is 1.73 bits per heavy atom. The number of hydrogen-bond donors (Lipinski definition) is 1. The number of piperidine rings is 1. The number of pyridine rings is 1. The smallest absolute Gasteiger partial charge is 0.253 e. The van der Waals surface area contributed by atoms with Gasteiger partial charge in [0, 0.05) is 35.8 Å². The van der Waals surface area contributed by atoms with Crippen molar-refractivity contribution in [3.8, 4) is 11.1 Å². The van der Waals surface area contributed by atoms with Crippen molar-refractivity contribution >= 4 is 22.5 Å². The molecule has 1 aliphatic heterocycles. The van der Waals surface area contributed by atoms with Gasteiger partial charge in [0.1, 0.15) is 0 Å². The van der Waals surface area contributed by atoms with E-state index < -0.39 is 0 Å². The Morgan fingerprint density at radius 1 is 1.03 bits per heavy atom. The summed E-state index contributed by atoms with van der Waals surface area (Å²) in [6.07, 6.45) is 9.24. The number of allylic oxidation sites excluding steroid dienone is 4. The molecule has 1 fully saturated rings. The highest BCUT2D eigenvalue weighted by molar-refractivity contribution is 5.95. The zero-order valence-electron chi connectivity index (χ0n) is 20.3. The van der Waals surface area contributed by atoms with Crippen molar-refractivity contribution in [1.82, 2.24) is 20.1 Å². The number of ether oxygens (including phenoxy) is 1. The molecule has 0 radical (unpaired) electrons. The SMILES string of the molecule is C/C=C(\C)OC.C/C=C(\C)c1[nH]nc2ncc(-c3ccc(C(=O)N4CCCCC4)cc3)cc12. The molecule has 6 nitrogen and oxygen atoms in total. The molecule has 3 aromatic rings. The molecule has 3 heterocycles. The maximum absolute atomic E-state index is 12.6. The molecule has 6 heteroatoms. The second-order valence-electron chi connectivity index (χ2n) is 8.20. The van der Waals surface area contributed by atoms with Gasteiger partial charge in [-0.2, -0.15) is 5.10 Å². The number of amides is 1. The average Bonchev–Trinajstić information content (AvgIpc) is 3.31. The van der Waals surface area contributed by atoms with Crippen molar-refractivity contribution in [3.05, 3.63) is 65.7 Å². The van der Waals surface area contributed by atoms with Gasteiger partial charge in [0.25, 0.3) is 5.91 Å². The average molecular weight is 447 g/mol. The number of carbonyl (C=O) groups excluding carboxylic acids is 1. The topological polar surface area (TPSA) is 71.1 Å². The van der Waals surface area contributed by atoms with Crippen LogP contribution in [0, 0.1) is 0 Å². The monoisotopic (exact) mass is 446 g/mol. The first-order chi connectivity index (χ1) is 16.0. The predicted octanol–water partition coefficient (Wildman–Crippen LogP) is 6.23. The van der Waals surface area contributed by atoms with Gasteiger partial charge in [0.15, 0.2) is 5.65 Å². The lowest BCUT2D eigenvalue weighted by Gasteiger charge is -2.26. The molecule has 1 aliphatic rings. The standard InChI is InChI=1S/C22H24N4O.C5H10O/c1-3-15(2)20-19-13-18(14-23-21(19)25-24-20)16-7-9-17(10-8-16)22(27)26-11-5-4-6-12-26;1-4-5(2)6-3/h3,7-10,13-14H,4-6,11-12H2,1-2H3,(H,23,24,25);4H,1-3H3/b15-3+;5-4+. The van der Waals surface area contributed by atoms with Crippen LogP contribution in [0.1, 0.15) is 63.0 Å². The van der Waals surface area contributed by atoms with Crippen LogP contribution in [0.15, 0.2) is 54.4 Å². The van der Waals surface area contributed by atoms with Crippen LogP contribution in [0.5, 0.6) is 0 Å². The second kappa shape index (κ2) is 11.5. The highest BCUT2D eigenvalue weighted by atomic mass is 16.5.